The van der Waals surface area contributed by atoms with Crippen LogP contribution in [0.25, 0.3) is 0 Å². The summed E-state index contributed by atoms with van der Waals surface area (Å²) in [6.07, 6.45) is 2.27. The van der Waals surface area contributed by atoms with E-state index in [1.807, 2.05) is 26.1 Å². The molecule has 0 radical (unpaired) electrons. The molecule has 23 heavy (non-hydrogen) atoms. The number of rotatable bonds is 4. The van der Waals surface area contributed by atoms with Crippen molar-refractivity contribution in [1.82, 2.24) is 5.32 Å². The van der Waals surface area contributed by atoms with Gasteiger partial charge in [0.25, 0.3) is 0 Å². The fourth-order valence-corrected chi connectivity index (χ4v) is 3.70. The van der Waals surface area contributed by atoms with Crippen LogP contribution in [0.1, 0.15) is 35.6 Å². The van der Waals surface area contributed by atoms with Crippen LogP contribution in [0.4, 0.5) is 0 Å². The van der Waals surface area contributed by atoms with Crippen molar-refractivity contribution in [2.24, 2.45) is 0 Å². The van der Waals surface area contributed by atoms with Gasteiger partial charge < -0.3 is 10.1 Å². The Balaban J connectivity index is 2.20. The Kier molecular flexibility index (Phi) is 4.49. The third kappa shape index (κ3) is 2.77. The minimum Gasteiger partial charge on any atom is -0.466 e. The molecule has 1 N–H and O–H groups in total. The van der Waals surface area contributed by atoms with Crippen LogP contribution in [0, 0.1) is 0 Å². The number of carbonyl (C=O) groups is 1. The fraction of sp³-hybridized carbons (Fsp3) is 0.350. The summed E-state index contributed by atoms with van der Waals surface area (Å²) in [5.41, 5.74) is 4.42. The predicted octanol–water partition coefficient (Wildman–Crippen LogP) is 3.20. The number of ether oxygens (including phenoxy) is 1. The second-order valence-electron chi connectivity index (χ2n) is 5.95. The lowest BCUT2D eigenvalue weighted by Gasteiger charge is -2.35. The highest BCUT2D eigenvalue weighted by atomic mass is 16.5. The Bertz CT molecular complexity index is 661. The van der Waals surface area contributed by atoms with Crippen molar-refractivity contribution in [3.8, 4) is 0 Å². The molecule has 0 aliphatic heterocycles. The maximum atomic E-state index is 12.3. The summed E-state index contributed by atoms with van der Waals surface area (Å²) in [4.78, 5) is 12.3. The van der Waals surface area contributed by atoms with Gasteiger partial charge in [-0.05, 0) is 49.1 Å². The van der Waals surface area contributed by atoms with E-state index < -0.39 is 5.54 Å². The van der Waals surface area contributed by atoms with Gasteiger partial charge in [-0.2, -0.15) is 0 Å². The number of benzene rings is 2. The molecule has 0 amide bonds. The second kappa shape index (κ2) is 6.55. The van der Waals surface area contributed by atoms with Gasteiger partial charge in [-0.3, -0.25) is 4.79 Å². The molecule has 1 aliphatic rings. The number of aryl methyl sites for hydroxylation is 2. The largest absolute Gasteiger partial charge is 0.466 e. The van der Waals surface area contributed by atoms with Crippen LogP contribution >= 0.6 is 0 Å². The zero-order valence-corrected chi connectivity index (χ0v) is 13.8. The van der Waals surface area contributed by atoms with Crippen LogP contribution in [0.5, 0.6) is 0 Å². The van der Waals surface area contributed by atoms with E-state index in [1.54, 1.807) is 0 Å². The Morgan fingerprint density at radius 3 is 2.04 bits per heavy atom. The maximum Gasteiger partial charge on any atom is 0.308 e. The molecule has 2 aromatic rings. The number of hydrogen-bond acceptors (Lipinski definition) is 3. The average molecular weight is 309 g/mol. The highest BCUT2D eigenvalue weighted by Crippen LogP contribution is 2.40. The van der Waals surface area contributed by atoms with Crippen LogP contribution in [-0.4, -0.2) is 19.6 Å². The summed E-state index contributed by atoms with van der Waals surface area (Å²) in [6.45, 7) is 2.25. The molecule has 0 fully saturated rings. The van der Waals surface area contributed by atoms with Gasteiger partial charge in [0.2, 0.25) is 0 Å². The van der Waals surface area contributed by atoms with Gasteiger partial charge in [0, 0.05) is 0 Å². The normalized spacial score (nSPS) is 15.2. The zero-order chi connectivity index (χ0) is 16.3. The Morgan fingerprint density at radius 2 is 1.57 bits per heavy atom. The van der Waals surface area contributed by atoms with Crippen molar-refractivity contribution in [2.75, 3.05) is 13.7 Å². The van der Waals surface area contributed by atoms with E-state index >= 15 is 0 Å². The first-order valence-corrected chi connectivity index (χ1v) is 8.22. The fourth-order valence-electron chi connectivity index (χ4n) is 3.70. The van der Waals surface area contributed by atoms with Crippen LogP contribution < -0.4 is 5.32 Å². The van der Waals surface area contributed by atoms with E-state index in [0.29, 0.717) is 13.0 Å². The molecule has 3 heteroatoms. The van der Waals surface area contributed by atoms with Gasteiger partial charge >= 0.3 is 5.97 Å². The number of carbonyl (C=O) groups excluding carboxylic acids is 1. The van der Waals surface area contributed by atoms with E-state index in [4.69, 9.17) is 4.74 Å². The molecule has 0 saturated carbocycles. The van der Waals surface area contributed by atoms with Crippen LogP contribution in [0.2, 0.25) is 0 Å². The minimum absolute atomic E-state index is 0.173. The smallest absolute Gasteiger partial charge is 0.308 e. The average Bonchev–Trinajstić information content (AvgIpc) is 2.71. The lowest BCUT2D eigenvalue weighted by atomic mass is 9.78. The van der Waals surface area contributed by atoms with Gasteiger partial charge in [0.1, 0.15) is 0 Å². The molecule has 0 spiro atoms. The third-order valence-electron chi connectivity index (χ3n) is 4.76. The van der Waals surface area contributed by atoms with Crippen molar-refractivity contribution < 1.29 is 9.53 Å². The Hall–Kier alpha value is -2.13. The van der Waals surface area contributed by atoms with Gasteiger partial charge in [0.15, 0.2) is 0 Å². The van der Waals surface area contributed by atoms with E-state index in [0.717, 1.165) is 12.8 Å². The minimum atomic E-state index is -0.532. The Labute approximate surface area is 137 Å². The standard InChI is InChI=1S/C20H23NO2/c1-3-23-19(22)14-20(21-2)17-10-6-4-8-15(17)12-13-16-9-5-7-11-18(16)20/h4-11,21H,3,12-14H2,1-2H3. The number of nitrogens with one attached hydrogen (secondary N) is 1. The van der Waals surface area contributed by atoms with Crippen LogP contribution in [-0.2, 0) is 27.9 Å². The lowest BCUT2D eigenvalue weighted by molar-refractivity contribution is -0.144. The number of fused-ring (bicyclic) bond motifs is 2. The summed E-state index contributed by atoms with van der Waals surface area (Å²) < 4.78 is 5.26. The third-order valence-corrected chi connectivity index (χ3v) is 4.76. The lowest BCUT2D eigenvalue weighted by Crippen LogP contribution is -2.44. The second-order valence-corrected chi connectivity index (χ2v) is 5.95. The molecule has 0 aromatic heterocycles. The van der Waals surface area contributed by atoms with Crippen molar-refractivity contribution in [3.63, 3.8) is 0 Å². The first-order valence-electron chi connectivity index (χ1n) is 8.22. The monoisotopic (exact) mass is 309 g/mol. The first-order chi connectivity index (χ1) is 11.2. The first kappa shape index (κ1) is 15.8. The maximum absolute atomic E-state index is 12.3. The molecule has 2 aromatic carbocycles. The molecule has 3 nitrogen and oxygen atoms in total. The highest BCUT2D eigenvalue weighted by molar-refractivity contribution is 5.73. The number of hydrogen-bond donors (Lipinski definition) is 1. The van der Waals surface area contributed by atoms with Crippen molar-refractivity contribution >= 4 is 5.97 Å². The van der Waals surface area contributed by atoms with E-state index in [9.17, 15) is 4.79 Å². The molecule has 1 aliphatic carbocycles. The van der Waals surface area contributed by atoms with Gasteiger partial charge in [-0.1, -0.05) is 48.5 Å². The molecule has 0 atom stereocenters. The molecule has 0 saturated heterocycles. The summed E-state index contributed by atoms with van der Waals surface area (Å²) in [6, 6.07) is 16.8. The topological polar surface area (TPSA) is 38.3 Å². The molecular formula is C20H23NO2. The van der Waals surface area contributed by atoms with Crippen molar-refractivity contribution in [3.05, 3.63) is 70.8 Å². The SMILES string of the molecule is CCOC(=O)CC1(NC)c2ccccc2CCc2ccccc21. The molecule has 0 bridgehead atoms. The zero-order valence-electron chi connectivity index (χ0n) is 13.8. The van der Waals surface area contributed by atoms with Crippen LogP contribution in [0.3, 0.4) is 0 Å². The molecule has 120 valence electrons. The molecule has 0 unspecified atom stereocenters. The van der Waals surface area contributed by atoms with Crippen molar-refractivity contribution in [2.45, 2.75) is 31.7 Å². The molecule has 0 heterocycles. The predicted molar refractivity (Wildman–Crippen MR) is 91.4 cm³/mol. The van der Waals surface area contributed by atoms with Crippen LogP contribution in [0.15, 0.2) is 48.5 Å². The van der Waals surface area contributed by atoms with E-state index in [2.05, 4.69) is 41.7 Å². The van der Waals surface area contributed by atoms with Gasteiger partial charge in [-0.25, -0.2) is 0 Å². The van der Waals surface area contributed by atoms with Gasteiger partial charge in [0.05, 0.1) is 18.6 Å². The summed E-state index contributed by atoms with van der Waals surface area (Å²) in [5, 5.41) is 3.46. The summed E-state index contributed by atoms with van der Waals surface area (Å²) >= 11 is 0. The molecule has 3 rings (SSSR count). The highest BCUT2D eigenvalue weighted by Gasteiger charge is 2.40. The number of esters is 1. The van der Waals surface area contributed by atoms with E-state index in [-0.39, 0.29) is 5.97 Å². The quantitative estimate of drug-likeness (QED) is 0.882. The van der Waals surface area contributed by atoms with Gasteiger partial charge in [-0.15, -0.1) is 0 Å². The summed E-state index contributed by atoms with van der Waals surface area (Å²) in [7, 11) is 1.93. The molecular weight excluding hydrogens is 286 g/mol. The van der Waals surface area contributed by atoms with Crippen molar-refractivity contribution in [1.29, 1.82) is 0 Å². The Morgan fingerprint density at radius 1 is 1.04 bits per heavy atom. The van der Waals surface area contributed by atoms with E-state index in [1.165, 1.54) is 22.3 Å². The summed E-state index contributed by atoms with van der Waals surface area (Å²) in [5.74, 6) is -0.173.